The van der Waals surface area contributed by atoms with Crippen LogP contribution in [0, 0.1) is 17.2 Å². The molecule has 1 aromatic carbocycles. The molecule has 0 spiro atoms. The van der Waals surface area contributed by atoms with Crippen molar-refractivity contribution in [1.82, 2.24) is 0 Å². The first kappa shape index (κ1) is 19.1. The third kappa shape index (κ3) is 5.37. The molecule has 5 heteroatoms. The van der Waals surface area contributed by atoms with E-state index in [9.17, 15) is 14.6 Å². The molecule has 0 fully saturated rings. The predicted molar refractivity (Wildman–Crippen MR) is 90.0 cm³/mol. The molecule has 0 saturated carbocycles. The van der Waals surface area contributed by atoms with E-state index in [1.54, 1.807) is 6.07 Å². The maximum absolute atomic E-state index is 13.2. The smallest absolute Gasteiger partial charge is 0.171 e. The minimum Gasteiger partial charge on any atom is -0.507 e. The van der Waals surface area contributed by atoms with Gasteiger partial charge in [0, 0.05) is 18.1 Å². The van der Waals surface area contributed by atoms with Crippen molar-refractivity contribution >= 4 is 9.04 Å². The van der Waals surface area contributed by atoms with Crippen molar-refractivity contribution in [2.75, 3.05) is 0 Å². The van der Waals surface area contributed by atoms with Crippen LogP contribution in [0.25, 0.3) is 0 Å². The second-order valence-corrected chi connectivity index (χ2v) is 9.70. The monoisotopic (exact) mass is 328 g/mol. The fourth-order valence-electron chi connectivity index (χ4n) is 2.37. The molecular weight excluding hydrogens is 299 g/mol. The number of hydrogen-bond acceptors (Lipinski definition) is 3. The first-order valence-corrected chi connectivity index (χ1v) is 10.6. The lowest BCUT2D eigenvalue weighted by Gasteiger charge is -2.34. The highest BCUT2D eigenvalue weighted by Gasteiger charge is 2.30. The Labute approximate surface area is 134 Å². The highest BCUT2D eigenvalue weighted by atomic mass is 28.3. The van der Waals surface area contributed by atoms with Crippen molar-refractivity contribution in [3.63, 3.8) is 0 Å². The predicted octanol–water partition coefficient (Wildman–Crippen LogP) is 4.01. The zero-order valence-corrected chi connectivity index (χ0v) is 15.6. The number of phenols is 1. The lowest BCUT2D eigenvalue weighted by atomic mass is 9.77. The van der Waals surface area contributed by atoms with Crippen LogP contribution in [0.4, 0.5) is 4.39 Å². The van der Waals surface area contributed by atoms with E-state index in [1.807, 2.05) is 20.0 Å². The summed E-state index contributed by atoms with van der Waals surface area (Å²) in [7, 11) is -1.38. The van der Waals surface area contributed by atoms with Gasteiger partial charge < -0.3 is 14.6 Å². The van der Waals surface area contributed by atoms with E-state index in [0.29, 0.717) is 12.0 Å². The standard InChI is InChI=1S/C17H29FO3Si/c1-11(17(2,3)4)14(19)10-16(21-22(5)6)13-8-7-12(18)9-15(13)20/h7-9,11,14,16,19-20,22H,10H2,1-6H3/t11-,14+,16?/m1/s1. The summed E-state index contributed by atoms with van der Waals surface area (Å²) in [5.41, 5.74) is 0.520. The van der Waals surface area contributed by atoms with Gasteiger partial charge in [0.25, 0.3) is 0 Å². The van der Waals surface area contributed by atoms with Gasteiger partial charge in [0.05, 0.1) is 12.2 Å². The van der Waals surface area contributed by atoms with Gasteiger partial charge in [0.1, 0.15) is 11.6 Å². The molecule has 3 nitrogen and oxygen atoms in total. The zero-order valence-electron chi connectivity index (χ0n) is 14.4. The molecule has 126 valence electrons. The summed E-state index contributed by atoms with van der Waals surface area (Å²) in [4.78, 5) is 0. The average molecular weight is 329 g/mol. The van der Waals surface area contributed by atoms with E-state index < -0.39 is 27.1 Å². The lowest BCUT2D eigenvalue weighted by molar-refractivity contribution is 0.0167. The Balaban J connectivity index is 2.98. The van der Waals surface area contributed by atoms with Crippen LogP contribution >= 0.6 is 0 Å². The van der Waals surface area contributed by atoms with Gasteiger partial charge in [-0.15, -0.1) is 0 Å². The third-order valence-electron chi connectivity index (χ3n) is 4.17. The van der Waals surface area contributed by atoms with Crippen LogP contribution in [0.2, 0.25) is 13.1 Å². The van der Waals surface area contributed by atoms with Gasteiger partial charge in [-0.2, -0.15) is 0 Å². The molecule has 1 rings (SSSR count). The Morgan fingerprint density at radius 3 is 2.32 bits per heavy atom. The summed E-state index contributed by atoms with van der Waals surface area (Å²) >= 11 is 0. The van der Waals surface area contributed by atoms with Gasteiger partial charge in [0.2, 0.25) is 0 Å². The molecule has 0 bridgehead atoms. The molecule has 0 aliphatic carbocycles. The molecule has 1 aromatic rings. The summed E-state index contributed by atoms with van der Waals surface area (Å²) in [6, 6.07) is 3.95. The Hall–Kier alpha value is -0.913. The van der Waals surface area contributed by atoms with Crippen molar-refractivity contribution in [1.29, 1.82) is 0 Å². The molecule has 2 N–H and O–H groups in total. The molecule has 0 aromatic heterocycles. The first-order chi connectivity index (χ1) is 10.0. The van der Waals surface area contributed by atoms with E-state index in [1.165, 1.54) is 6.07 Å². The lowest BCUT2D eigenvalue weighted by Crippen LogP contribution is -2.32. The normalized spacial score (nSPS) is 16.6. The molecule has 3 atom stereocenters. The minimum atomic E-state index is -1.38. The number of phenolic OH excluding ortho intramolecular Hbond substituents is 1. The molecule has 0 amide bonds. The Kier molecular flexibility index (Phi) is 6.59. The SMILES string of the molecule is C[C@H]([C@@H](O)CC(O[SiH](C)C)c1ccc(F)cc1O)C(C)(C)C. The van der Waals surface area contributed by atoms with E-state index >= 15 is 0 Å². The second-order valence-electron chi connectivity index (χ2n) is 7.33. The highest BCUT2D eigenvalue weighted by Crippen LogP contribution is 2.36. The number of hydrogen-bond donors (Lipinski definition) is 2. The minimum absolute atomic E-state index is 0.0237. The van der Waals surface area contributed by atoms with Gasteiger partial charge in [-0.25, -0.2) is 4.39 Å². The van der Waals surface area contributed by atoms with Crippen molar-refractivity contribution < 1.29 is 19.0 Å². The number of benzene rings is 1. The van der Waals surface area contributed by atoms with Crippen LogP contribution in [0.5, 0.6) is 5.75 Å². The van der Waals surface area contributed by atoms with E-state index in [4.69, 9.17) is 4.43 Å². The van der Waals surface area contributed by atoms with Crippen LogP contribution < -0.4 is 0 Å². The van der Waals surface area contributed by atoms with Crippen molar-refractivity contribution in [3.8, 4) is 5.75 Å². The maximum Gasteiger partial charge on any atom is 0.171 e. The van der Waals surface area contributed by atoms with E-state index in [2.05, 4.69) is 20.8 Å². The topological polar surface area (TPSA) is 49.7 Å². The quantitative estimate of drug-likeness (QED) is 0.776. The summed E-state index contributed by atoms with van der Waals surface area (Å²) in [5, 5.41) is 20.5. The number of aliphatic hydroxyl groups is 1. The third-order valence-corrected chi connectivity index (χ3v) is 5.05. The molecule has 0 aliphatic heterocycles. The van der Waals surface area contributed by atoms with Crippen molar-refractivity contribution in [2.45, 2.75) is 59.4 Å². The number of halogens is 1. The number of aliphatic hydroxyl groups excluding tert-OH is 1. The van der Waals surface area contributed by atoms with Gasteiger partial charge in [-0.05, 0) is 36.6 Å². The highest BCUT2D eigenvalue weighted by molar-refractivity contribution is 6.48. The summed E-state index contributed by atoms with van der Waals surface area (Å²) in [6.45, 7) is 12.3. The summed E-state index contributed by atoms with van der Waals surface area (Å²) < 4.78 is 19.2. The van der Waals surface area contributed by atoms with E-state index in [-0.39, 0.29) is 17.1 Å². The summed E-state index contributed by atoms with van der Waals surface area (Å²) in [6.07, 6.45) is -0.572. The Morgan fingerprint density at radius 2 is 1.86 bits per heavy atom. The molecule has 0 saturated heterocycles. The van der Waals surface area contributed by atoms with Gasteiger partial charge >= 0.3 is 0 Å². The fourth-order valence-corrected chi connectivity index (χ4v) is 3.29. The van der Waals surface area contributed by atoms with E-state index in [0.717, 1.165) is 6.07 Å². The number of aromatic hydroxyl groups is 1. The van der Waals surface area contributed by atoms with Crippen LogP contribution in [-0.2, 0) is 4.43 Å². The number of rotatable bonds is 6. The second kappa shape index (κ2) is 7.57. The largest absolute Gasteiger partial charge is 0.507 e. The average Bonchev–Trinajstić information content (AvgIpc) is 2.35. The molecule has 0 heterocycles. The van der Waals surface area contributed by atoms with Crippen molar-refractivity contribution in [2.24, 2.45) is 11.3 Å². The van der Waals surface area contributed by atoms with Crippen LogP contribution in [0.15, 0.2) is 18.2 Å². The molecule has 22 heavy (non-hydrogen) atoms. The van der Waals surface area contributed by atoms with Crippen LogP contribution in [0.3, 0.4) is 0 Å². The van der Waals surface area contributed by atoms with Gasteiger partial charge in [-0.3, -0.25) is 0 Å². The molecule has 0 radical (unpaired) electrons. The Morgan fingerprint density at radius 1 is 1.27 bits per heavy atom. The first-order valence-electron chi connectivity index (χ1n) is 7.84. The summed E-state index contributed by atoms with van der Waals surface area (Å²) in [5.74, 6) is -0.518. The van der Waals surface area contributed by atoms with Crippen molar-refractivity contribution in [3.05, 3.63) is 29.6 Å². The van der Waals surface area contributed by atoms with Gasteiger partial charge in [-0.1, -0.05) is 27.7 Å². The zero-order chi connectivity index (χ0) is 17.1. The van der Waals surface area contributed by atoms with Crippen LogP contribution in [-0.4, -0.2) is 25.4 Å². The van der Waals surface area contributed by atoms with Crippen LogP contribution in [0.1, 0.15) is 45.8 Å². The molecular formula is C17H29FO3Si. The Bertz CT molecular complexity index is 485. The molecule has 0 aliphatic rings. The van der Waals surface area contributed by atoms with Gasteiger partial charge in [0.15, 0.2) is 9.04 Å². The molecule has 1 unspecified atom stereocenters. The maximum atomic E-state index is 13.2. The fraction of sp³-hybridized carbons (Fsp3) is 0.647.